The third kappa shape index (κ3) is 4.68. The molecule has 3 rings (SSSR count). The molecule has 1 aromatic carbocycles. The molecule has 3 aromatic rings. The Bertz CT molecular complexity index is 897. The third-order valence-electron chi connectivity index (χ3n) is 4.23. The number of halogens is 1. The summed E-state index contributed by atoms with van der Waals surface area (Å²) in [6.07, 6.45) is 5.93. The Balaban J connectivity index is 1.55. The Morgan fingerprint density at radius 2 is 2.04 bits per heavy atom. The van der Waals surface area contributed by atoms with Crippen LogP contribution in [0, 0.1) is 6.92 Å². The lowest BCUT2D eigenvalue weighted by Crippen LogP contribution is -2.24. The average Bonchev–Trinajstić information content (AvgIpc) is 3.26. The van der Waals surface area contributed by atoms with Crippen molar-refractivity contribution in [2.75, 3.05) is 5.32 Å². The lowest BCUT2D eigenvalue weighted by molar-refractivity contribution is -0.119. The van der Waals surface area contributed by atoms with Crippen molar-refractivity contribution in [1.82, 2.24) is 19.6 Å². The van der Waals surface area contributed by atoms with Gasteiger partial charge in [0.05, 0.1) is 28.8 Å². The number of anilines is 1. The first-order chi connectivity index (χ1) is 13.0. The molecule has 1 N–H and O–H groups in total. The maximum absolute atomic E-state index is 12.4. The number of carbonyl (C=O) groups excluding carboxylic acids is 1. The molecular formula is C19H22ClN5O2. The molecule has 27 heavy (non-hydrogen) atoms. The maximum atomic E-state index is 12.4. The standard InChI is InChI=1S/C19H22ClN5O2/c1-4-15-5-7-17(8-6-15)27-12-24-10-16(9-21-24)22-19(26)14(3)25-11-18(20)13(2)23-25/h5-11,14H,4,12H2,1-3H3,(H,22,26). The van der Waals surface area contributed by atoms with Crippen LogP contribution >= 0.6 is 11.6 Å². The van der Waals surface area contributed by atoms with Crippen LogP contribution in [0.4, 0.5) is 5.69 Å². The molecule has 0 aliphatic heterocycles. The number of aromatic nitrogens is 4. The summed E-state index contributed by atoms with van der Waals surface area (Å²) in [7, 11) is 0. The summed E-state index contributed by atoms with van der Waals surface area (Å²) in [5, 5.41) is 11.8. The molecule has 0 aliphatic rings. The van der Waals surface area contributed by atoms with Gasteiger partial charge in [0.25, 0.3) is 0 Å². The summed E-state index contributed by atoms with van der Waals surface area (Å²) < 4.78 is 8.86. The number of benzene rings is 1. The Morgan fingerprint density at radius 1 is 1.30 bits per heavy atom. The number of carbonyl (C=O) groups is 1. The second-order valence-corrected chi connectivity index (χ2v) is 6.65. The summed E-state index contributed by atoms with van der Waals surface area (Å²) in [5.74, 6) is 0.567. The van der Waals surface area contributed by atoms with Crippen LogP contribution in [0.25, 0.3) is 0 Å². The monoisotopic (exact) mass is 387 g/mol. The van der Waals surface area contributed by atoms with Gasteiger partial charge in [0.1, 0.15) is 11.8 Å². The molecule has 7 nitrogen and oxygen atoms in total. The van der Waals surface area contributed by atoms with Crippen molar-refractivity contribution in [1.29, 1.82) is 0 Å². The molecule has 8 heteroatoms. The van der Waals surface area contributed by atoms with Gasteiger partial charge in [-0.25, -0.2) is 4.68 Å². The fourth-order valence-corrected chi connectivity index (χ4v) is 2.62. The maximum Gasteiger partial charge on any atom is 0.249 e. The minimum Gasteiger partial charge on any atom is -0.471 e. The van der Waals surface area contributed by atoms with Gasteiger partial charge >= 0.3 is 0 Å². The zero-order valence-electron chi connectivity index (χ0n) is 15.5. The molecule has 1 unspecified atom stereocenters. The quantitative estimate of drug-likeness (QED) is 0.668. The zero-order valence-corrected chi connectivity index (χ0v) is 16.3. The number of rotatable bonds is 7. The molecule has 0 saturated carbocycles. The van der Waals surface area contributed by atoms with Gasteiger partial charge in [-0.3, -0.25) is 9.48 Å². The molecular weight excluding hydrogens is 366 g/mol. The van der Waals surface area contributed by atoms with E-state index in [0.717, 1.165) is 12.2 Å². The second-order valence-electron chi connectivity index (χ2n) is 6.25. The van der Waals surface area contributed by atoms with Crippen molar-refractivity contribution in [2.24, 2.45) is 0 Å². The third-order valence-corrected chi connectivity index (χ3v) is 4.60. The van der Waals surface area contributed by atoms with Gasteiger partial charge in [0, 0.05) is 6.20 Å². The molecule has 0 fully saturated rings. The van der Waals surface area contributed by atoms with Gasteiger partial charge < -0.3 is 10.1 Å². The summed E-state index contributed by atoms with van der Waals surface area (Å²) in [4.78, 5) is 12.4. The van der Waals surface area contributed by atoms with Crippen molar-refractivity contribution in [3.63, 3.8) is 0 Å². The number of nitrogens with zero attached hydrogens (tertiary/aromatic N) is 4. The van der Waals surface area contributed by atoms with E-state index in [1.165, 1.54) is 5.56 Å². The van der Waals surface area contributed by atoms with Crippen molar-refractivity contribution in [3.8, 4) is 5.75 Å². The van der Waals surface area contributed by atoms with E-state index in [1.54, 1.807) is 41.8 Å². The predicted octanol–water partition coefficient (Wildman–Crippen LogP) is 3.84. The van der Waals surface area contributed by atoms with Gasteiger partial charge in [0.2, 0.25) is 5.91 Å². The molecule has 2 heterocycles. The first-order valence-corrected chi connectivity index (χ1v) is 9.10. The normalized spacial score (nSPS) is 12.0. The minimum atomic E-state index is -0.493. The van der Waals surface area contributed by atoms with Crippen LogP contribution in [0.15, 0.2) is 42.9 Å². The number of nitrogens with one attached hydrogen (secondary N) is 1. The Labute approximate surface area is 162 Å². The van der Waals surface area contributed by atoms with E-state index in [2.05, 4.69) is 22.4 Å². The molecule has 2 aromatic heterocycles. The van der Waals surface area contributed by atoms with E-state index in [9.17, 15) is 4.79 Å². The van der Waals surface area contributed by atoms with Crippen molar-refractivity contribution in [2.45, 2.75) is 40.0 Å². The fourth-order valence-electron chi connectivity index (χ4n) is 2.49. The number of ether oxygens (including phenoxy) is 1. The van der Waals surface area contributed by atoms with Gasteiger partial charge in [-0.2, -0.15) is 10.2 Å². The van der Waals surface area contributed by atoms with E-state index >= 15 is 0 Å². The second kappa shape index (κ2) is 8.26. The van der Waals surface area contributed by atoms with Gasteiger partial charge in [-0.1, -0.05) is 30.7 Å². The largest absolute Gasteiger partial charge is 0.471 e. The SMILES string of the molecule is CCc1ccc(OCn2cc(NC(=O)C(C)n3cc(Cl)c(C)n3)cn2)cc1. The van der Waals surface area contributed by atoms with E-state index in [4.69, 9.17) is 16.3 Å². The number of hydrogen-bond acceptors (Lipinski definition) is 4. The molecule has 0 spiro atoms. The zero-order chi connectivity index (χ0) is 19.4. The average molecular weight is 388 g/mol. The first kappa shape index (κ1) is 19.0. The van der Waals surface area contributed by atoms with Gasteiger partial charge in [-0.15, -0.1) is 0 Å². The highest BCUT2D eigenvalue weighted by atomic mass is 35.5. The summed E-state index contributed by atoms with van der Waals surface area (Å²) in [6, 6.07) is 7.45. The van der Waals surface area contributed by atoms with E-state index in [0.29, 0.717) is 16.4 Å². The highest BCUT2D eigenvalue weighted by molar-refractivity contribution is 6.31. The summed E-state index contributed by atoms with van der Waals surface area (Å²) in [5.41, 5.74) is 2.54. The lowest BCUT2D eigenvalue weighted by Gasteiger charge is -2.11. The molecule has 0 bridgehead atoms. The van der Waals surface area contributed by atoms with Crippen LogP contribution in [0.3, 0.4) is 0 Å². The molecule has 142 valence electrons. The molecule has 1 atom stereocenters. The molecule has 0 aliphatic carbocycles. The number of amides is 1. The van der Waals surface area contributed by atoms with Crippen molar-refractivity contribution < 1.29 is 9.53 Å². The highest BCUT2D eigenvalue weighted by Gasteiger charge is 2.18. The lowest BCUT2D eigenvalue weighted by atomic mass is 10.2. The Morgan fingerprint density at radius 3 is 2.67 bits per heavy atom. The van der Waals surface area contributed by atoms with E-state index in [-0.39, 0.29) is 12.6 Å². The van der Waals surface area contributed by atoms with Crippen molar-refractivity contribution in [3.05, 3.63) is 59.1 Å². The predicted molar refractivity (Wildman–Crippen MR) is 104 cm³/mol. The van der Waals surface area contributed by atoms with E-state index < -0.39 is 6.04 Å². The topological polar surface area (TPSA) is 74.0 Å². The van der Waals surface area contributed by atoms with Crippen LogP contribution in [0.2, 0.25) is 5.02 Å². The summed E-state index contributed by atoms with van der Waals surface area (Å²) >= 11 is 6.00. The van der Waals surface area contributed by atoms with Crippen LogP contribution in [0.1, 0.15) is 31.1 Å². The number of hydrogen-bond donors (Lipinski definition) is 1. The van der Waals surface area contributed by atoms with Crippen LogP contribution in [0.5, 0.6) is 5.75 Å². The Kier molecular flexibility index (Phi) is 5.81. The molecule has 0 saturated heterocycles. The summed E-state index contributed by atoms with van der Waals surface area (Å²) in [6.45, 7) is 5.91. The molecule has 1 amide bonds. The van der Waals surface area contributed by atoms with E-state index in [1.807, 2.05) is 24.3 Å². The van der Waals surface area contributed by atoms with Crippen LogP contribution in [-0.4, -0.2) is 25.5 Å². The van der Waals surface area contributed by atoms with Crippen LogP contribution < -0.4 is 10.1 Å². The highest BCUT2D eigenvalue weighted by Crippen LogP contribution is 2.18. The van der Waals surface area contributed by atoms with Gasteiger partial charge in [0.15, 0.2) is 6.73 Å². The van der Waals surface area contributed by atoms with Gasteiger partial charge in [-0.05, 0) is 38.0 Å². The first-order valence-electron chi connectivity index (χ1n) is 8.72. The van der Waals surface area contributed by atoms with Crippen LogP contribution in [-0.2, 0) is 17.9 Å². The molecule has 0 radical (unpaired) electrons. The number of aryl methyl sites for hydroxylation is 2. The smallest absolute Gasteiger partial charge is 0.249 e. The fraction of sp³-hybridized carbons (Fsp3) is 0.316. The van der Waals surface area contributed by atoms with Crippen molar-refractivity contribution >= 4 is 23.2 Å². The minimum absolute atomic E-state index is 0.204. The Hall–Kier alpha value is -2.80.